The van der Waals surface area contributed by atoms with E-state index in [2.05, 4.69) is 47.5 Å². The van der Waals surface area contributed by atoms with Gasteiger partial charge in [-0.3, -0.25) is 4.79 Å². The van der Waals surface area contributed by atoms with Gasteiger partial charge in [0.15, 0.2) is 0 Å². The molecule has 9 nitrogen and oxygen atoms in total. The molecule has 1 aliphatic carbocycles. The van der Waals surface area contributed by atoms with Gasteiger partial charge >= 0.3 is 6.01 Å². The van der Waals surface area contributed by atoms with Gasteiger partial charge in [-0.15, -0.1) is 0 Å². The number of nitrogens with zero attached hydrogens (tertiary/aromatic N) is 7. The van der Waals surface area contributed by atoms with Crippen LogP contribution in [0.4, 0.5) is 15.9 Å². The zero-order valence-electron chi connectivity index (χ0n) is 25.9. The van der Waals surface area contributed by atoms with E-state index in [0.29, 0.717) is 50.8 Å². The van der Waals surface area contributed by atoms with Crippen molar-refractivity contribution in [3.63, 3.8) is 0 Å². The Morgan fingerprint density at radius 2 is 2.02 bits per heavy atom. The molecule has 1 atom stereocenters. The molecule has 44 heavy (non-hydrogen) atoms. The number of aryl methyl sites for hydroxylation is 1. The molecule has 1 saturated heterocycles. The molecule has 0 bridgehead atoms. The van der Waals surface area contributed by atoms with Crippen LogP contribution in [0, 0.1) is 29.5 Å². The number of aromatic nitrogens is 2. The lowest BCUT2D eigenvalue weighted by molar-refractivity contribution is -0.128. The highest BCUT2D eigenvalue weighted by atomic mass is 19.1. The van der Waals surface area contributed by atoms with Crippen LogP contribution in [0.15, 0.2) is 43.0 Å². The van der Waals surface area contributed by atoms with Gasteiger partial charge < -0.3 is 24.3 Å². The number of anilines is 2. The minimum Gasteiger partial charge on any atom is -0.463 e. The minimum absolute atomic E-state index is 0.119. The van der Waals surface area contributed by atoms with Crippen molar-refractivity contribution in [1.82, 2.24) is 19.8 Å². The Kier molecular flexibility index (Phi) is 8.16. The van der Waals surface area contributed by atoms with E-state index in [0.717, 1.165) is 59.5 Å². The van der Waals surface area contributed by atoms with Gasteiger partial charge in [0, 0.05) is 54.8 Å². The summed E-state index contributed by atoms with van der Waals surface area (Å²) in [6, 6.07) is 11.8. The van der Waals surface area contributed by atoms with Crippen LogP contribution in [0.5, 0.6) is 6.01 Å². The standard InChI is InChI=1S/C34H40FN7O2/c1-5-30(43)42-18-17-41(19-25(42)11-15-36)32-26-12-16-40(29-8-6-7-24-9-10-27(35)23(2)31(24)29)20-28(26)37-33(38-32)44-22-34(13-14-34)21-39(3)4/h5-10,25H,1,11-14,16-22H2,2-4H3/t25-/m0/s1. The van der Waals surface area contributed by atoms with Crippen LogP contribution in [0.3, 0.4) is 0 Å². The lowest BCUT2D eigenvalue weighted by Gasteiger charge is -2.42. The highest BCUT2D eigenvalue weighted by molar-refractivity contribution is 5.97. The molecule has 6 rings (SSSR count). The molecule has 1 amide bonds. The summed E-state index contributed by atoms with van der Waals surface area (Å²) < 4.78 is 21.0. The number of ether oxygens (including phenoxy) is 1. The molecule has 1 aromatic heterocycles. The summed E-state index contributed by atoms with van der Waals surface area (Å²) >= 11 is 0. The maximum atomic E-state index is 14.7. The van der Waals surface area contributed by atoms with Gasteiger partial charge in [-0.25, -0.2) is 4.39 Å². The SMILES string of the molecule is C=CC(=O)N1CCN(c2nc(OCC3(CN(C)C)CC3)nc3c2CCN(c2cccc4ccc(F)c(C)c24)C3)C[C@@H]1CC#N. The second-order valence-electron chi connectivity index (χ2n) is 12.7. The number of carbonyl (C=O) groups is 1. The van der Waals surface area contributed by atoms with Crippen LogP contribution in [-0.4, -0.2) is 85.1 Å². The molecular weight excluding hydrogens is 557 g/mol. The summed E-state index contributed by atoms with van der Waals surface area (Å²) in [6.07, 6.45) is 4.47. The average molecular weight is 598 g/mol. The maximum absolute atomic E-state index is 14.7. The molecule has 0 N–H and O–H groups in total. The van der Waals surface area contributed by atoms with Crippen molar-refractivity contribution >= 4 is 28.2 Å². The quantitative estimate of drug-likeness (QED) is 0.334. The predicted octanol–water partition coefficient (Wildman–Crippen LogP) is 4.48. The van der Waals surface area contributed by atoms with E-state index >= 15 is 0 Å². The Morgan fingerprint density at radius 1 is 1.20 bits per heavy atom. The Hall–Kier alpha value is -4.23. The fourth-order valence-corrected chi connectivity index (χ4v) is 6.84. The van der Waals surface area contributed by atoms with Crippen LogP contribution in [0.2, 0.25) is 0 Å². The van der Waals surface area contributed by atoms with Gasteiger partial charge in [-0.05, 0) is 69.4 Å². The van der Waals surface area contributed by atoms with E-state index in [4.69, 9.17) is 14.7 Å². The summed E-state index contributed by atoms with van der Waals surface area (Å²) in [5, 5.41) is 11.5. The number of halogens is 1. The van der Waals surface area contributed by atoms with E-state index in [1.807, 2.05) is 25.1 Å². The fourth-order valence-electron chi connectivity index (χ4n) is 6.84. The van der Waals surface area contributed by atoms with Crippen molar-refractivity contribution in [3.05, 3.63) is 65.6 Å². The van der Waals surface area contributed by atoms with Crippen LogP contribution in [0.25, 0.3) is 10.8 Å². The van der Waals surface area contributed by atoms with Gasteiger partial charge in [-0.1, -0.05) is 24.8 Å². The largest absolute Gasteiger partial charge is 0.463 e. The van der Waals surface area contributed by atoms with Crippen LogP contribution in [-0.2, 0) is 17.8 Å². The lowest BCUT2D eigenvalue weighted by Crippen LogP contribution is -2.55. The first-order chi connectivity index (χ1) is 21.2. The molecule has 230 valence electrons. The molecular formula is C34H40FN7O2. The fraction of sp³-hybridized carbons (Fsp3) is 0.471. The Morgan fingerprint density at radius 3 is 2.75 bits per heavy atom. The van der Waals surface area contributed by atoms with Crippen LogP contribution in [0.1, 0.15) is 36.1 Å². The molecule has 1 saturated carbocycles. The maximum Gasteiger partial charge on any atom is 0.318 e. The van der Waals surface area contributed by atoms with Gasteiger partial charge in [0.2, 0.25) is 5.91 Å². The monoisotopic (exact) mass is 597 g/mol. The summed E-state index contributed by atoms with van der Waals surface area (Å²) in [5.41, 5.74) is 3.70. The van der Waals surface area contributed by atoms with Gasteiger partial charge in [0.25, 0.3) is 0 Å². The van der Waals surface area contributed by atoms with Crippen molar-refractivity contribution in [2.24, 2.45) is 5.41 Å². The first-order valence-corrected chi connectivity index (χ1v) is 15.4. The minimum atomic E-state index is -0.266. The van der Waals surface area contributed by atoms with E-state index in [1.165, 1.54) is 12.1 Å². The van der Waals surface area contributed by atoms with Crippen molar-refractivity contribution in [1.29, 1.82) is 5.26 Å². The number of fused-ring (bicyclic) bond motifs is 2. The molecule has 0 spiro atoms. The number of carbonyl (C=O) groups excluding carboxylic acids is 1. The third kappa shape index (κ3) is 5.81. The number of hydrogen-bond donors (Lipinski definition) is 0. The Labute approximate surface area is 258 Å². The number of rotatable bonds is 9. The van der Waals surface area contributed by atoms with E-state index in [-0.39, 0.29) is 29.6 Å². The summed E-state index contributed by atoms with van der Waals surface area (Å²) in [5.74, 6) is 0.443. The Balaban J connectivity index is 1.35. The van der Waals surface area contributed by atoms with Gasteiger partial charge in [0.05, 0.1) is 37.4 Å². The van der Waals surface area contributed by atoms with Crippen molar-refractivity contribution in [3.8, 4) is 12.1 Å². The molecule has 10 heteroatoms. The molecule has 3 heterocycles. The van der Waals surface area contributed by atoms with E-state index in [9.17, 15) is 14.4 Å². The normalized spacial score (nSPS) is 19.1. The van der Waals surface area contributed by atoms with Crippen molar-refractivity contribution < 1.29 is 13.9 Å². The van der Waals surface area contributed by atoms with Gasteiger partial charge in [0.1, 0.15) is 11.6 Å². The zero-order valence-corrected chi connectivity index (χ0v) is 25.9. The number of amides is 1. The Bertz CT molecular complexity index is 1630. The number of hydrogen-bond acceptors (Lipinski definition) is 8. The zero-order chi connectivity index (χ0) is 31.0. The summed E-state index contributed by atoms with van der Waals surface area (Å²) in [7, 11) is 4.16. The second-order valence-corrected chi connectivity index (χ2v) is 12.7. The highest BCUT2D eigenvalue weighted by Gasteiger charge is 2.44. The first kappa shape index (κ1) is 29.8. The van der Waals surface area contributed by atoms with Crippen LogP contribution >= 0.6 is 0 Å². The summed E-state index contributed by atoms with van der Waals surface area (Å²) in [4.78, 5) is 30.9. The smallest absolute Gasteiger partial charge is 0.318 e. The molecule has 3 aliphatic rings. The van der Waals surface area contributed by atoms with Crippen LogP contribution < -0.4 is 14.5 Å². The molecule has 2 fully saturated rings. The lowest BCUT2D eigenvalue weighted by atomic mass is 9.99. The summed E-state index contributed by atoms with van der Waals surface area (Å²) in [6.45, 7) is 9.79. The van der Waals surface area contributed by atoms with E-state index in [1.54, 1.807) is 4.90 Å². The third-order valence-corrected chi connectivity index (χ3v) is 9.26. The van der Waals surface area contributed by atoms with Crippen molar-refractivity contribution in [2.45, 2.75) is 45.2 Å². The number of nitriles is 1. The third-order valence-electron chi connectivity index (χ3n) is 9.26. The van der Waals surface area contributed by atoms with Crippen molar-refractivity contribution in [2.75, 3.05) is 63.2 Å². The first-order valence-electron chi connectivity index (χ1n) is 15.4. The van der Waals surface area contributed by atoms with Gasteiger partial charge in [-0.2, -0.15) is 15.2 Å². The molecule has 0 unspecified atom stereocenters. The molecule has 3 aromatic rings. The predicted molar refractivity (Wildman–Crippen MR) is 169 cm³/mol. The van der Waals surface area contributed by atoms with E-state index < -0.39 is 0 Å². The molecule has 2 aliphatic heterocycles. The topological polar surface area (TPSA) is 88.8 Å². The molecule has 0 radical (unpaired) electrons. The number of benzene rings is 2. The second kappa shape index (κ2) is 12.0. The average Bonchev–Trinajstić information content (AvgIpc) is 3.79. The number of piperazine rings is 1. The highest BCUT2D eigenvalue weighted by Crippen LogP contribution is 2.46. The molecule has 2 aromatic carbocycles.